The fraction of sp³-hybridized carbons (Fsp3) is 0.444. The molecule has 0 aromatic carbocycles. The van der Waals surface area contributed by atoms with Gasteiger partial charge >= 0.3 is 5.97 Å². The maximum atomic E-state index is 12.6. The van der Waals surface area contributed by atoms with Gasteiger partial charge in [0.2, 0.25) is 5.95 Å². The van der Waals surface area contributed by atoms with Crippen LogP contribution in [0.5, 0.6) is 0 Å². The Bertz CT molecular complexity index is 417. The molecule has 2 rings (SSSR count). The number of rotatable bonds is 2. The molecular weight excluding hydrogens is 220 g/mol. The van der Waals surface area contributed by atoms with Gasteiger partial charge in [-0.15, -0.1) is 0 Å². The highest BCUT2D eigenvalue weighted by Gasteiger charge is 2.45. The second-order valence-corrected chi connectivity index (χ2v) is 3.45. The van der Waals surface area contributed by atoms with Gasteiger partial charge in [-0.2, -0.15) is 0 Å². The number of methoxy groups -OCH3 is 1. The van der Waals surface area contributed by atoms with Gasteiger partial charge in [-0.25, -0.2) is 23.5 Å². The quantitative estimate of drug-likeness (QED) is 0.699. The molecule has 0 radical (unpaired) electrons. The molecule has 0 unspecified atom stereocenters. The lowest BCUT2D eigenvalue weighted by Crippen LogP contribution is -2.57. The lowest BCUT2D eigenvalue weighted by molar-refractivity contribution is -0.0271. The molecule has 1 aliphatic heterocycles. The Kier molecular flexibility index (Phi) is 2.45. The molecule has 86 valence electrons. The number of ether oxygens (including phenoxy) is 1. The van der Waals surface area contributed by atoms with Gasteiger partial charge in [0.1, 0.15) is 0 Å². The van der Waals surface area contributed by atoms with Gasteiger partial charge < -0.3 is 9.64 Å². The number of carbonyl (C=O) groups is 1. The number of esters is 1. The molecule has 0 aliphatic carbocycles. The molecule has 1 fully saturated rings. The molecule has 0 N–H and O–H groups in total. The zero-order chi connectivity index (χ0) is 11.8. The van der Waals surface area contributed by atoms with Crippen LogP contribution in [0.2, 0.25) is 0 Å². The summed E-state index contributed by atoms with van der Waals surface area (Å²) >= 11 is 0. The van der Waals surface area contributed by atoms with Crippen molar-refractivity contribution in [3.63, 3.8) is 0 Å². The van der Waals surface area contributed by atoms with E-state index >= 15 is 0 Å². The molecule has 1 aromatic heterocycles. The second-order valence-electron chi connectivity index (χ2n) is 3.45. The number of anilines is 1. The molecule has 0 spiro atoms. The van der Waals surface area contributed by atoms with E-state index in [1.165, 1.54) is 24.3 Å². The predicted octanol–water partition coefficient (Wildman–Crippen LogP) is 0.719. The lowest BCUT2D eigenvalue weighted by atomic mass is 10.2. The Morgan fingerprint density at radius 1 is 1.56 bits per heavy atom. The van der Waals surface area contributed by atoms with E-state index in [1.807, 2.05) is 0 Å². The summed E-state index contributed by atoms with van der Waals surface area (Å²) in [5, 5.41) is 0. The van der Waals surface area contributed by atoms with Crippen molar-refractivity contribution in [1.82, 2.24) is 9.97 Å². The summed E-state index contributed by atoms with van der Waals surface area (Å²) in [4.78, 5) is 20.1. The normalized spacial score (nSPS) is 17.8. The fourth-order valence-electron chi connectivity index (χ4n) is 1.37. The average molecular weight is 229 g/mol. The third-order valence-electron chi connectivity index (χ3n) is 2.16. The van der Waals surface area contributed by atoms with Crippen LogP contribution in [-0.4, -0.2) is 42.1 Å². The van der Waals surface area contributed by atoms with E-state index in [2.05, 4.69) is 14.7 Å². The van der Waals surface area contributed by atoms with Crippen molar-refractivity contribution < 1.29 is 18.3 Å². The molecule has 5 nitrogen and oxygen atoms in total. The van der Waals surface area contributed by atoms with E-state index in [-0.39, 0.29) is 11.6 Å². The zero-order valence-corrected chi connectivity index (χ0v) is 8.48. The monoisotopic (exact) mass is 229 g/mol. The Labute approximate surface area is 90.1 Å². The summed E-state index contributed by atoms with van der Waals surface area (Å²) in [5.74, 6) is -3.19. The number of hydrogen-bond acceptors (Lipinski definition) is 5. The van der Waals surface area contributed by atoms with E-state index < -0.39 is 25.0 Å². The number of aromatic nitrogens is 2. The van der Waals surface area contributed by atoms with E-state index in [0.29, 0.717) is 0 Å². The molecule has 1 saturated heterocycles. The van der Waals surface area contributed by atoms with Crippen LogP contribution in [0.3, 0.4) is 0 Å². The standard InChI is InChI=1S/C9H9F2N3O2/c1-16-7(15)6-2-3-12-8(13-6)14-4-9(10,11)5-14/h2-3H,4-5H2,1H3. The summed E-state index contributed by atoms with van der Waals surface area (Å²) < 4.78 is 29.7. The lowest BCUT2D eigenvalue weighted by Gasteiger charge is -2.38. The Hall–Kier alpha value is -1.79. The molecule has 0 saturated carbocycles. The van der Waals surface area contributed by atoms with Crippen molar-refractivity contribution >= 4 is 11.9 Å². The minimum absolute atomic E-state index is 0.0581. The first-order valence-electron chi connectivity index (χ1n) is 4.56. The fourth-order valence-corrected chi connectivity index (χ4v) is 1.37. The van der Waals surface area contributed by atoms with Crippen molar-refractivity contribution in [2.45, 2.75) is 5.92 Å². The number of nitrogens with zero attached hydrogens (tertiary/aromatic N) is 3. The largest absolute Gasteiger partial charge is 0.464 e. The Balaban J connectivity index is 2.15. The van der Waals surface area contributed by atoms with Gasteiger partial charge in [0.25, 0.3) is 5.92 Å². The van der Waals surface area contributed by atoms with E-state index in [1.54, 1.807) is 0 Å². The van der Waals surface area contributed by atoms with Crippen LogP contribution >= 0.6 is 0 Å². The van der Waals surface area contributed by atoms with E-state index in [9.17, 15) is 13.6 Å². The molecule has 16 heavy (non-hydrogen) atoms. The van der Waals surface area contributed by atoms with Gasteiger partial charge in [-0.3, -0.25) is 0 Å². The van der Waals surface area contributed by atoms with Crippen LogP contribution in [0.1, 0.15) is 10.5 Å². The molecule has 1 aliphatic rings. The maximum Gasteiger partial charge on any atom is 0.356 e. The summed E-state index contributed by atoms with van der Waals surface area (Å²) in [6.45, 7) is -0.838. The van der Waals surface area contributed by atoms with Gasteiger partial charge in [-0.1, -0.05) is 0 Å². The molecule has 0 atom stereocenters. The molecule has 2 heterocycles. The number of halogens is 2. The minimum Gasteiger partial charge on any atom is -0.464 e. The van der Waals surface area contributed by atoms with Gasteiger partial charge in [0, 0.05) is 6.20 Å². The van der Waals surface area contributed by atoms with Crippen LogP contribution < -0.4 is 4.90 Å². The van der Waals surface area contributed by atoms with Gasteiger partial charge in [0.15, 0.2) is 5.69 Å². The molecule has 0 bridgehead atoms. The van der Waals surface area contributed by atoms with Crippen molar-refractivity contribution in [2.24, 2.45) is 0 Å². The van der Waals surface area contributed by atoms with E-state index in [4.69, 9.17) is 0 Å². The van der Waals surface area contributed by atoms with Crippen LogP contribution in [0.4, 0.5) is 14.7 Å². The highest BCUT2D eigenvalue weighted by atomic mass is 19.3. The molecule has 7 heteroatoms. The Morgan fingerprint density at radius 3 is 2.81 bits per heavy atom. The van der Waals surface area contributed by atoms with Gasteiger partial charge in [0.05, 0.1) is 20.2 Å². The van der Waals surface area contributed by atoms with Crippen molar-refractivity contribution in [3.8, 4) is 0 Å². The Morgan fingerprint density at radius 2 is 2.25 bits per heavy atom. The average Bonchev–Trinajstić information content (AvgIpc) is 2.25. The van der Waals surface area contributed by atoms with Crippen molar-refractivity contribution in [1.29, 1.82) is 0 Å². The number of alkyl halides is 2. The summed E-state index contributed by atoms with van der Waals surface area (Å²) in [7, 11) is 1.22. The summed E-state index contributed by atoms with van der Waals surface area (Å²) in [6.07, 6.45) is 1.34. The number of hydrogen-bond donors (Lipinski definition) is 0. The van der Waals surface area contributed by atoms with E-state index in [0.717, 1.165) is 0 Å². The zero-order valence-electron chi connectivity index (χ0n) is 8.48. The SMILES string of the molecule is COC(=O)c1ccnc(N2CC(F)(F)C2)n1. The maximum absolute atomic E-state index is 12.6. The highest BCUT2D eigenvalue weighted by molar-refractivity contribution is 5.87. The summed E-state index contributed by atoms with van der Waals surface area (Å²) in [6, 6.07) is 1.37. The van der Waals surface area contributed by atoms with Crippen molar-refractivity contribution in [2.75, 3.05) is 25.1 Å². The first-order valence-corrected chi connectivity index (χ1v) is 4.56. The second kappa shape index (κ2) is 3.66. The predicted molar refractivity (Wildman–Crippen MR) is 50.5 cm³/mol. The molecular formula is C9H9F2N3O2. The summed E-state index contributed by atoms with van der Waals surface area (Å²) in [5.41, 5.74) is 0.0581. The first-order chi connectivity index (χ1) is 7.52. The molecule has 0 amide bonds. The van der Waals surface area contributed by atoms with Crippen LogP contribution in [-0.2, 0) is 4.74 Å². The van der Waals surface area contributed by atoms with Crippen molar-refractivity contribution in [3.05, 3.63) is 18.0 Å². The third kappa shape index (κ3) is 1.93. The smallest absolute Gasteiger partial charge is 0.356 e. The van der Waals surface area contributed by atoms with Crippen LogP contribution in [0.25, 0.3) is 0 Å². The van der Waals surface area contributed by atoms with Crippen LogP contribution in [0.15, 0.2) is 12.3 Å². The third-order valence-corrected chi connectivity index (χ3v) is 2.16. The first kappa shape index (κ1) is 10.7. The van der Waals surface area contributed by atoms with Crippen LogP contribution in [0, 0.1) is 0 Å². The van der Waals surface area contributed by atoms with Gasteiger partial charge in [-0.05, 0) is 6.07 Å². The number of carbonyl (C=O) groups excluding carboxylic acids is 1. The highest BCUT2D eigenvalue weighted by Crippen LogP contribution is 2.29. The molecule has 1 aromatic rings. The minimum atomic E-state index is -2.69. The topological polar surface area (TPSA) is 55.3 Å².